The molecule has 0 saturated heterocycles. The zero-order valence-electron chi connectivity index (χ0n) is 30.1. The molecule has 0 unspecified atom stereocenters. The Hall–Kier alpha value is -5.30. The molecular formula is C46H38N4OPt. The standard InChI is InChI=1S/C46H38N4O.Pt/c1-45(2,3)32-12-9-14-34(25-32)48-30-49(43-19-8-7-18-42(43)48)35-15-11-17-37(27-35)51-38-21-22-39-40-24-31(29-47)20-23-41(40)50(44(39)28-38)36-16-10-13-33(26-36)46(4,5)6;/h7-15,17-26,30H,1-6H3;/q-4;+4. The molecule has 0 N–H and O–H groups in total. The maximum Gasteiger partial charge on any atom is 4.00 e. The first-order valence-corrected chi connectivity index (χ1v) is 17.2. The molecule has 0 fully saturated rings. The molecule has 0 atom stereocenters. The minimum Gasteiger partial charge on any atom is -0.509 e. The van der Waals surface area contributed by atoms with Crippen molar-refractivity contribution < 1.29 is 25.8 Å². The van der Waals surface area contributed by atoms with Gasteiger partial charge in [0, 0.05) is 34.1 Å². The second kappa shape index (κ2) is 13.4. The number of nitrogens with zero attached hydrogens (tertiary/aromatic N) is 4. The SMILES string of the molecule is CC(C)(C)c1cc[c-]c(-n2c3[c-]c(Oc4[c-]c(N5[CH-]N(c6cccc(C(C)(C)C)c6)c6ccccc65)ccc4)ccc3c3cc(C#N)ccc32)c1.[Pt+4]. The molecule has 0 bridgehead atoms. The van der Waals surface area contributed by atoms with Gasteiger partial charge in [0.1, 0.15) is 0 Å². The number of nitriles is 1. The van der Waals surface area contributed by atoms with Gasteiger partial charge in [-0.05, 0) is 64.2 Å². The van der Waals surface area contributed by atoms with Gasteiger partial charge in [-0.3, -0.25) is 0 Å². The number of rotatable bonds is 5. The van der Waals surface area contributed by atoms with E-state index in [0.717, 1.165) is 50.2 Å². The fourth-order valence-corrected chi connectivity index (χ4v) is 6.74. The molecule has 0 aliphatic carbocycles. The Morgan fingerprint density at radius 1 is 0.654 bits per heavy atom. The number of ether oxygens (including phenoxy) is 1. The van der Waals surface area contributed by atoms with Gasteiger partial charge in [-0.1, -0.05) is 77.0 Å². The third kappa shape index (κ3) is 6.38. The first-order valence-electron chi connectivity index (χ1n) is 17.2. The first-order chi connectivity index (χ1) is 24.5. The van der Waals surface area contributed by atoms with E-state index < -0.39 is 0 Å². The van der Waals surface area contributed by atoms with Gasteiger partial charge in [-0.2, -0.15) is 41.2 Å². The average Bonchev–Trinajstić information content (AvgIpc) is 3.67. The quantitative estimate of drug-likeness (QED) is 0.162. The molecule has 52 heavy (non-hydrogen) atoms. The van der Waals surface area contributed by atoms with Crippen LogP contribution in [0, 0.1) is 36.2 Å². The van der Waals surface area contributed by atoms with Crippen molar-refractivity contribution >= 4 is 44.6 Å². The van der Waals surface area contributed by atoms with E-state index in [0.29, 0.717) is 17.1 Å². The van der Waals surface area contributed by atoms with E-state index in [2.05, 4.69) is 148 Å². The van der Waals surface area contributed by atoms with Gasteiger partial charge in [-0.15, -0.1) is 54.1 Å². The summed E-state index contributed by atoms with van der Waals surface area (Å²) in [4.78, 5) is 4.39. The summed E-state index contributed by atoms with van der Waals surface area (Å²) in [7, 11) is 0. The predicted octanol–water partition coefficient (Wildman–Crippen LogP) is 11.8. The number of benzene rings is 6. The van der Waals surface area contributed by atoms with Gasteiger partial charge >= 0.3 is 21.1 Å². The molecular weight excluding hydrogens is 820 g/mol. The van der Waals surface area contributed by atoms with Gasteiger partial charge in [0.25, 0.3) is 0 Å². The Morgan fingerprint density at radius 2 is 1.37 bits per heavy atom. The van der Waals surface area contributed by atoms with Crippen LogP contribution >= 0.6 is 0 Å². The number of anilines is 4. The van der Waals surface area contributed by atoms with Crippen molar-refractivity contribution in [2.75, 3.05) is 9.80 Å². The van der Waals surface area contributed by atoms with Gasteiger partial charge in [0.15, 0.2) is 0 Å². The summed E-state index contributed by atoms with van der Waals surface area (Å²) < 4.78 is 8.67. The van der Waals surface area contributed by atoms with Crippen molar-refractivity contribution in [2.24, 2.45) is 0 Å². The van der Waals surface area contributed by atoms with Crippen LogP contribution in [0.25, 0.3) is 27.5 Å². The molecule has 0 saturated carbocycles. The van der Waals surface area contributed by atoms with Crippen LogP contribution in [0.1, 0.15) is 58.2 Å². The fraction of sp³-hybridized carbons (Fsp3) is 0.174. The molecule has 1 aliphatic heterocycles. The molecule has 0 spiro atoms. The molecule has 0 radical (unpaired) electrons. The van der Waals surface area contributed by atoms with Gasteiger partial charge in [0.05, 0.1) is 11.6 Å². The Bertz CT molecular complexity index is 2490. The first kappa shape index (κ1) is 35.1. The van der Waals surface area contributed by atoms with Crippen LogP contribution in [0.15, 0.2) is 115 Å². The van der Waals surface area contributed by atoms with E-state index in [1.807, 2.05) is 54.6 Å². The Balaban J connectivity index is 0.00000420. The van der Waals surface area contributed by atoms with E-state index in [1.54, 1.807) is 0 Å². The van der Waals surface area contributed by atoms with Gasteiger partial charge < -0.3 is 19.1 Å². The minimum absolute atomic E-state index is 0. The summed E-state index contributed by atoms with van der Waals surface area (Å²) in [6.45, 7) is 15.5. The number of hydrogen-bond acceptors (Lipinski definition) is 4. The van der Waals surface area contributed by atoms with Crippen molar-refractivity contribution in [1.29, 1.82) is 5.26 Å². The van der Waals surface area contributed by atoms with E-state index >= 15 is 0 Å². The number of aromatic nitrogens is 1. The minimum atomic E-state index is -0.0315. The average molecular weight is 858 g/mol. The number of hydrogen-bond donors (Lipinski definition) is 0. The third-order valence-electron chi connectivity index (χ3n) is 9.53. The molecule has 5 nitrogen and oxygen atoms in total. The summed E-state index contributed by atoms with van der Waals surface area (Å²) in [5.41, 5.74) is 9.99. The van der Waals surface area contributed by atoms with Crippen LogP contribution < -0.4 is 14.5 Å². The maximum absolute atomic E-state index is 9.69. The summed E-state index contributed by atoms with van der Waals surface area (Å²) in [5.74, 6) is 1.15. The maximum atomic E-state index is 9.69. The number of para-hydroxylation sites is 2. The summed E-state index contributed by atoms with van der Waals surface area (Å²) in [5, 5.41) is 11.7. The fourth-order valence-electron chi connectivity index (χ4n) is 6.74. The summed E-state index contributed by atoms with van der Waals surface area (Å²) in [6.07, 6.45) is 0. The van der Waals surface area contributed by atoms with Crippen LogP contribution in [0.4, 0.5) is 22.7 Å². The summed E-state index contributed by atoms with van der Waals surface area (Å²) >= 11 is 0. The predicted molar refractivity (Wildman–Crippen MR) is 207 cm³/mol. The number of fused-ring (bicyclic) bond motifs is 4. The van der Waals surface area contributed by atoms with Gasteiger partial charge in [-0.25, -0.2) is 0 Å². The van der Waals surface area contributed by atoms with Crippen molar-refractivity contribution in [3.63, 3.8) is 0 Å². The van der Waals surface area contributed by atoms with E-state index in [-0.39, 0.29) is 31.9 Å². The second-order valence-corrected chi connectivity index (χ2v) is 15.1. The smallest absolute Gasteiger partial charge is 0.509 e. The van der Waals surface area contributed by atoms with Crippen molar-refractivity contribution in [3.05, 3.63) is 157 Å². The van der Waals surface area contributed by atoms with Crippen LogP contribution in [0.3, 0.4) is 0 Å². The molecule has 0 amide bonds. The monoisotopic (exact) mass is 857 g/mol. The molecule has 1 aromatic heterocycles. The third-order valence-corrected chi connectivity index (χ3v) is 9.53. The van der Waals surface area contributed by atoms with E-state index in [1.165, 1.54) is 11.1 Å². The largest absolute Gasteiger partial charge is 4.00 e. The molecule has 6 aromatic carbocycles. The Labute approximate surface area is 320 Å². The molecule has 258 valence electrons. The van der Waals surface area contributed by atoms with Gasteiger partial charge in [0.2, 0.25) is 0 Å². The molecule has 1 aliphatic rings. The van der Waals surface area contributed by atoms with Crippen molar-refractivity contribution in [2.45, 2.75) is 52.4 Å². The van der Waals surface area contributed by atoms with Crippen LogP contribution in [0.2, 0.25) is 0 Å². The Morgan fingerprint density at radius 3 is 2.12 bits per heavy atom. The van der Waals surface area contributed by atoms with Crippen LogP contribution in [-0.2, 0) is 31.9 Å². The topological polar surface area (TPSA) is 44.4 Å². The van der Waals surface area contributed by atoms with Crippen molar-refractivity contribution in [1.82, 2.24) is 4.57 Å². The zero-order chi connectivity index (χ0) is 35.5. The molecule has 2 heterocycles. The van der Waals surface area contributed by atoms with Crippen molar-refractivity contribution in [3.8, 4) is 23.3 Å². The zero-order valence-corrected chi connectivity index (χ0v) is 32.3. The molecule has 6 heteroatoms. The molecule has 7 aromatic rings. The van der Waals surface area contributed by atoms with Crippen LogP contribution in [-0.4, -0.2) is 4.57 Å². The normalized spacial score (nSPS) is 12.9. The summed E-state index contributed by atoms with van der Waals surface area (Å²) in [6, 6.07) is 52.0. The second-order valence-electron chi connectivity index (χ2n) is 15.1. The Kier molecular flexibility index (Phi) is 9.02. The van der Waals surface area contributed by atoms with E-state index in [4.69, 9.17) is 4.74 Å². The van der Waals surface area contributed by atoms with Crippen LogP contribution in [0.5, 0.6) is 11.5 Å². The van der Waals surface area contributed by atoms with E-state index in [9.17, 15) is 5.26 Å². The molecule has 8 rings (SSSR count).